The Morgan fingerprint density at radius 3 is 3.07 bits per heavy atom. The smallest absolute Gasteiger partial charge is 0.124 e. The van der Waals surface area contributed by atoms with Crippen LogP contribution in [0.1, 0.15) is 37.8 Å². The quantitative estimate of drug-likeness (QED) is 0.893. The van der Waals surface area contributed by atoms with Crippen molar-refractivity contribution in [1.29, 1.82) is 0 Å². The molecule has 0 fully saturated rings. The van der Waals surface area contributed by atoms with Crippen molar-refractivity contribution in [2.45, 2.75) is 38.3 Å². The minimum atomic E-state index is 0.114. The third kappa shape index (κ3) is 2.34. The zero-order chi connectivity index (χ0) is 10.8. The molecule has 1 aromatic rings. The van der Waals surface area contributed by atoms with E-state index in [1.54, 1.807) is 0 Å². The minimum Gasteiger partial charge on any atom is -0.490 e. The Morgan fingerprint density at radius 2 is 2.33 bits per heavy atom. The Kier molecular flexibility index (Phi) is 3.32. The fourth-order valence-electron chi connectivity index (χ4n) is 2.05. The van der Waals surface area contributed by atoms with Crippen LogP contribution in [0.15, 0.2) is 22.7 Å². The molecule has 2 rings (SSSR count). The van der Waals surface area contributed by atoms with Crippen molar-refractivity contribution in [3.05, 3.63) is 28.2 Å². The highest BCUT2D eigenvalue weighted by Gasteiger charge is 2.25. The highest BCUT2D eigenvalue weighted by Crippen LogP contribution is 2.36. The van der Waals surface area contributed by atoms with Crippen LogP contribution in [0, 0.1) is 0 Å². The number of hydrogen-bond donors (Lipinski definition) is 1. The first-order valence-corrected chi connectivity index (χ1v) is 6.21. The average molecular weight is 270 g/mol. The SMILES string of the molecule is CCCC1C[C@@H](N)c2cc(Br)ccc2O1. The topological polar surface area (TPSA) is 35.2 Å². The molecular formula is C12H16BrNO. The van der Waals surface area contributed by atoms with Crippen LogP contribution in [0.2, 0.25) is 0 Å². The van der Waals surface area contributed by atoms with Crippen molar-refractivity contribution in [3.63, 3.8) is 0 Å². The van der Waals surface area contributed by atoms with Crippen molar-refractivity contribution in [2.75, 3.05) is 0 Å². The Hall–Kier alpha value is -0.540. The largest absolute Gasteiger partial charge is 0.490 e. The number of ether oxygens (including phenoxy) is 1. The molecule has 0 saturated carbocycles. The number of hydrogen-bond acceptors (Lipinski definition) is 2. The van der Waals surface area contributed by atoms with Gasteiger partial charge in [-0.1, -0.05) is 29.3 Å². The van der Waals surface area contributed by atoms with Crippen LogP contribution in [0.3, 0.4) is 0 Å². The normalized spacial score (nSPS) is 24.5. The molecule has 1 aliphatic rings. The molecule has 1 aliphatic heterocycles. The number of benzene rings is 1. The van der Waals surface area contributed by atoms with Gasteiger partial charge in [0.2, 0.25) is 0 Å². The molecule has 1 aromatic carbocycles. The summed E-state index contributed by atoms with van der Waals surface area (Å²) in [7, 11) is 0. The summed E-state index contributed by atoms with van der Waals surface area (Å²) in [6.45, 7) is 2.17. The molecule has 2 atom stereocenters. The van der Waals surface area contributed by atoms with Gasteiger partial charge in [-0.15, -0.1) is 0 Å². The minimum absolute atomic E-state index is 0.114. The summed E-state index contributed by atoms with van der Waals surface area (Å²) in [6, 6.07) is 6.17. The molecule has 82 valence electrons. The summed E-state index contributed by atoms with van der Waals surface area (Å²) >= 11 is 3.45. The first-order chi connectivity index (χ1) is 7.20. The summed E-state index contributed by atoms with van der Waals surface area (Å²) in [6.07, 6.45) is 3.45. The van der Waals surface area contributed by atoms with Gasteiger partial charge in [0.1, 0.15) is 11.9 Å². The molecular weight excluding hydrogens is 254 g/mol. The van der Waals surface area contributed by atoms with Crippen molar-refractivity contribution < 1.29 is 4.74 Å². The average Bonchev–Trinajstić information content (AvgIpc) is 2.20. The Labute approximate surface area is 98.9 Å². The van der Waals surface area contributed by atoms with E-state index in [4.69, 9.17) is 10.5 Å². The fourth-order valence-corrected chi connectivity index (χ4v) is 2.43. The van der Waals surface area contributed by atoms with Gasteiger partial charge in [0.25, 0.3) is 0 Å². The first-order valence-electron chi connectivity index (χ1n) is 5.42. The number of fused-ring (bicyclic) bond motifs is 1. The van der Waals surface area contributed by atoms with Gasteiger partial charge in [-0.25, -0.2) is 0 Å². The van der Waals surface area contributed by atoms with Crippen LogP contribution in [-0.4, -0.2) is 6.10 Å². The van der Waals surface area contributed by atoms with E-state index in [0.717, 1.165) is 35.0 Å². The van der Waals surface area contributed by atoms with E-state index >= 15 is 0 Å². The maximum absolute atomic E-state index is 6.14. The van der Waals surface area contributed by atoms with Gasteiger partial charge in [-0.2, -0.15) is 0 Å². The van der Waals surface area contributed by atoms with E-state index in [0.29, 0.717) is 6.10 Å². The zero-order valence-corrected chi connectivity index (χ0v) is 10.5. The van der Waals surface area contributed by atoms with E-state index in [9.17, 15) is 0 Å². The van der Waals surface area contributed by atoms with Gasteiger partial charge in [0.05, 0.1) is 0 Å². The molecule has 15 heavy (non-hydrogen) atoms. The van der Waals surface area contributed by atoms with Crippen molar-refractivity contribution in [2.24, 2.45) is 5.73 Å². The van der Waals surface area contributed by atoms with E-state index in [1.807, 2.05) is 12.1 Å². The van der Waals surface area contributed by atoms with Crippen LogP contribution in [0.4, 0.5) is 0 Å². The highest BCUT2D eigenvalue weighted by atomic mass is 79.9. The molecule has 0 saturated heterocycles. The Morgan fingerprint density at radius 1 is 1.53 bits per heavy atom. The number of rotatable bonds is 2. The second kappa shape index (κ2) is 4.54. The van der Waals surface area contributed by atoms with Crippen LogP contribution < -0.4 is 10.5 Å². The predicted octanol–water partition coefficient (Wildman–Crippen LogP) is 3.40. The summed E-state index contributed by atoms with van der Waals surface area (Å²) in [5, 5.41) is 0. The maximum atomic E-state index is 6.14. The third-order valence-corrected chi connectivity index (χ3v) is 3.29. The van der Waals surface area contributed by atoms with Gasteiger partial charge in [0.15, 0.2) is 0 Å². The molecule has 2 nitrogen and oxygen atoms in total. The van der Waals surface area contributed by atoms with E-state index in [1.165, 1.54) is 0 Å². The monoisotopic (exact) mass is 269 g/mol. The van der Waals surface area contributed by atoms with Gasteiger partial charge in [-0.3, -0.25) is 0 Å². The molecule has 1 unspecified atom stereocenters. The molecule has 0 amide bonds. The lowest BCUT2D eigenvalue weighted by Crippen LogP contribution is -2.29. The number of halogens is 1. The molecule has 0 aliphatic carbocycles. The molecule has 0 spiro atoms. The van der Waals surface area contributed by atoms with E-state index < -0.39 is 0 Å². The summed E-state index contributed by atoms with van der Waals surface area (Å²) in [5.41, 5.74) is 7.26. The third-order valence-electron chi connectivity index (χ3n) is 2.79. The standard InChI is InChI=1S/C12H16BrNO/c1-2-3-9-7-11(14)10-6-8(13)4-5-12(10)15-9/h4-6,9,11H,2-3,7,14H2,1H3/t9?,11-/m1/s1. The summed E-state index contributed by atoms with van der Waals surface area (Å²) in [4.78, 5) is 0. The molecule has 3 heteroatoms. The second-order valence-electron chi connectivity index (χ2n) is 4.05. The van der Waals surface area contributed by atoms with Crippen LogP contribution in [0.25, 0.3) is 0 Å². The van der Waals surface area contributed by atoms with Crippen LogP contribution in [0.5, 0.6) is 5.75 Å². The highest BCUT2D eigenvalue weighted by molar-refractivity contribution is 9.10. The zero-order valence-electron chi connectivity index (χ0n) is 8.87. The second-order valence-corrected chi connectivity index (χ2v) is 4.97. The predicted molar refractivity (Wildman–Crippen MR) is 65.0 cm³/mol. The lowest BCUT2D eigenvalue weighted by atomic mass is 9.95. The summed E-state index contributed by atoms with van der Waals surface area (Å²) < 4.78 is 6.96. The Bertz CT molecular complexity index is 353. The van der Waals surface area contributed by atoms with E-state index in [-0.39, 0.29) is 6.04 Å². The molecule has 0 bridgehead atoms. The van der Waals surface area contributed by atoms with Gasteiger partial charge >= 0.3 is 0 Å². The summed E-state index contributed by atoms with van der Waals surface area (Å²) in [5.74, 6) is 0.954. The lowest BCUT2D eigenvalue weighted by molar-refractivity contribution is 0.149. The first kappa shape index (κ1) is 11.0. The van der Waals surface area contributed by atoms with Crippen molar-refractivity contribution in [1.82, 2.24) is 0 Å². The maximum Gasteiger partial charge on any atom is 0.124 e. The van der Waals surface area contributed by atoms with E-state index in [2.05, 4.69) is 28.9 Å². The molecule has 1 heterocycles. The Balaban J connectivity index is 2.24. The lowest BCUT2D eigenvalue weighted by Gasteiger charge is -2.30. The van der Waals surface area contributed by atoms with Crippen LogP contribution in [-0.2, 0) is 0 Å². The molecule has 0 radical (unpaired) electrons. The fraction of sp³-hybridized carbons (Fsp3) is 0.500. The molecule has 0 aromatic heterocycles. The molecule has 2 N–H and O–H groups in total. The van der Waals surface area contributed by atoms with Gasteiger partial charge in [0, 0.05) is 22.5 Å². The number of nitrogens with two attached hydrogens (primary N) is 1. The van der Waals surface area contributed by atoms with Crippen molar-refractivity contribution in [3.8, 4) is 5.75 Å². The van der Waals surface area contributed by atoms with Crippen molar-refractivity contribution >= 4 is 15.9 Å². The van der Waals surface area contributed by atoms with Gasteiger partial charge < -0.3 is 10.5 Å². The van der Waals surface area contributed by atoms with Crippen LogP contribution >= 0.6 is 15.9 Å². The van der Waals surface area contributed by atoms with Gasteiger partial charge in [-0.05, 0) is 24.6 Å².